The minimum atomic E-state index is -2.74. The maximum atomic E-state index is 13.9. The van der Waals surface area contributed by atoms with Crippen molar-refractivity contribution in [2.45, 2.75) is 24.5 Å². The fourth-order valence-corrected chi connectivity index (χ4v) is 7.19. The Bertz CT molecular complexity index is 1630. The minimum absolute atomic E-state index is 0.00551. The van der Waals surface area contributed by atoms with Crippen molar-refractivity contribution < 1.29 is 34.2 Å². The van der Waals surface area contributed by atoms with E-state index in [0.717, 1.165) is 11.3 Å². The number of carbonyl (C=O) groups is 5. The molecule has 10 nitrogen and oxygen atoms in total. The van der Waals surface area contributed by atoms with Crippen LogP contribution in [-0.2, 0) is 25.6 Å². The molecule has 3 aromatic rings. The van der Waals surface area contributed by atoms with Crippen molar-refractivity contribution in [1.82, 2.24) is 9.47 Å². The van der Waals surface area contributed by atoms with E-state index in [1.807, 2.05) is 53.4 Å². The van der Waals surface area contributed by atoms with E-state index in [2.05, 4.69) is 0 Å². The topological polar surface area (TPSA) is 160 Å². The molecule has 10 heteroatoms. The number of benzene rings is 2. The second-order valence-corrected chi connectivity index (χ2v) is 11.4. The summed E-state index contributed by atoms with van der Waals surface area (Å²) in [7, 11) is 3.12. The molecule has 210 valence electrons. The van der Waals surface area contributed by atoms with Crippen molar-refractivity contribution in [3.8, 4) is 22.6 Å². The average molecular weight is 556 g/mol. The summed E-state index contributed by atoms with van der Waals surface area (Å²) in [5.74, 6) is -10.6. The van der Waals surface area contributed by atoms with Crippen molar-refractivity contribution in [1.29, 1.82) is 0 Å². The van der Waals surface area contributed by atoms with Gasteiger partial charge in [0.1, 0.15) is 5.75 Å². The highest BCUT2D eigenvalue weighted by Crippen LogP contribution is 2.51. The van der Waals surface area contributed by atoms with Crippen LogP contribution in [0.4, 0.5) is 0 Å². The highest BCUT2D eigenvalue weighted by Gasteiger charge is 2.69. The van der Waals surface area contributed by atoms with Crippen LogP contribution in [0.5, 0.6) is 5.75 Å². The third kappa shape index (κ3) is 3.74. The van der Waals surface area contributed by atoms with Gasteiger partial charge in [-0.3, -0.25) is 28.9 Å². The number of aromatic hydroxyl groups is 1. The molecule has 6 rings (SSSR count). The van der Waals surface area contributed by atoms with Crippen LogP contribution in [-0.4, -0.2) is 74.5 Å². The monoisotopic (exact) mass is 555 g/mol. The van der Waals surface area contributed by atoms with Crippen LogP contribution in [0.25, 0.3) is 16.8 Å². The molecule has 6 atom stereocenters. The summed E-state index contributed by atoms with van der Waals surface area (Å²) >= 11 is 0. The van der Waals surface area contributed by atoms with E-state index in [1.54, 1.807) is 20.2 Å². The smallest absolute Gasteiger partial charge is 0.235 e. The Hall–Kier alpha value is -4.41. The molecule has 2 aromatic carbocycles. The number of hydrogen-bond donors (Lipinski definition) is 3. The van der Waals surface area contributed by atoms with E-state index < -0.39 is 64.4 Å². The number of aliphatic hydroxyl groups is 1. The van der Waals surface area contributed by atoms with Gasteiger partial charge in [0.25, 0.3) is 0 Å². The van der Waals surface area contributed by atoms with Gasteiger partial charge in [0.15, 0.2) is 34.7 Å². The van der Waals surface area contributed by atoms with E-state index in [9.17, 15) is 34.2 Å². The third-order valence-corrected chi connectivity index (χ3v) is 9.03. The van der Waals surface area contributed by atoms with Crippen LogP contribution in [0.3, 0.4) is 0 Å². The number of aromatic nitrogens is 1. The van der Waals surface area contributed by atoms with Crippen LogP contribution in [0.2, 0.25) is 0 Å². The molecule has 0 aliphatic heterocycles. The van der Waals surface area contributed by atoms with Crippen molar-refractivity contribution >= 4 is 29.0 Å². The minimum Gasteiger partial charge on any atom is -0.507 e. The molecular formula is C31H29N3O7. The Kier molecular flexibility index (Phi) is 6.09. The van der Waals surface area contributed by atoms with Gasteiger partial charge in [0.2, 0.25) is 5.91 Å². The number of fused-ring (bicyclic) bond motifs is 3. The zero-order valence-electron chi connectivity index (χ0n) is 22.5. The van der Waals surface area contributed by atoms with E-state index in [0.29, 0.717) is 11.1 Å². The standard InChI is InChI=1S/C31H29N3O7/c1-33(2)25-20-14-16-13-19-18(15-5-7-17(8-6-15)34-11-3-4-12-34)9-10-21(35)23(19)26(36)22(16)28(38)31(20,41)29(39)24(27(25)37)30(32)40/h3-12,16,20,22,24-25,35,41H,13-14H2,1-2H3,(H2,32,40)/t16-,20-,22?,24?,25-,31-/m0/s1. The quantitative estimate of drug-likeness (QED) is 0.407. The molecule has 1 aromatic heterocycles. The van der Waals surface area contributed by atoms with Gasteiger partial charge in [-0.2, -0.15) is 0 Å². The summed E-state index contributed by atoms with van der Waals surface area (Å²) in [6.45, 7) is 0. The number of nitrogens with two attached hydrogens (primary N) is 1. The lowest BCUT2D eigenvalue weighted by Crippen LogP contribution is -2.74. The number of carbonyl (C=O) groups excluding carboxylic acids is 5. The molecule has 2 fully saturated rings. The van der Waals surface area contributed by atoms with Crippen LogP contribution < -0.4 is 5.73 Å². The van der Waals surface area contributed by atoms with E-state index in [4.69, 9.17) is 5.73 Å². The summed E-state index contributed by atoms with van der Waals surface area (Å²) in [6, 6.07) is 13.5. The molecule has 2 unspecified atom stereocenters. The van der Waals surface area contributed by atoms with Crippen LogP contribution >= 0.6 is 0 Å². The molecule has 0 radical (unpaired) electrons. The summed E-state index contributed by atoms with van der Waals surface area (Å²) in [5.41, 5.74) is 5.63. The molecule has 41 heavy (non-hydrogen) atoms. The fourth-order valence-electron chi connectivity index (χ4n) is 7.19. The second kappa shape index (κ2) is 9.32. The van der Waals surface area contributed by atoms with Gasteiger partial charge < -0.3 is 20.5 Å². The molecule has 1 amide bonds. The van der Waals surface area contributed by atoms with Gasteiger partial charge in [-0.05, 0) is 79.9 Å². The molecular weight excluding hydrogens is 526 g/mol. The van der Waals surface area contributed by atoms with E-state index >= 15 is 0 Å². The van der Waals surface area contributed by atoms with E-state index in [-0.39, 0.29) is 24.2 Å². The molecule has 1 heterocycles. The maximum Gasteiger partial charge on any atom is 0.235 e. The van der Waals surface area contributed by atoms with Gasteiger partial charge in [0, 0.05) is 24.0 Å². The Labute approximate surface area is 235 Å². The zero-order chi connectivity index (χ0) is 29.4. The SMILES string of the molecule is CN(C)[C@@H]1C(=O)C(C(N)=O)C(=O)[C@@]2(O)C(=O)C3C(=O)c4c(O)ccc(-c5ccc(-n6cccc6)cc5)c4C[C@H]3C[C@@H]12. The predicted molar refractivity (Wildman–Crippen MR) is 146 cm³/mol. The lowest BCUT2D eigenvalue weighted by molar-refractivity contribution is -0.181. The molecule has 3 aliphatic carbocycles. The number of nitrogens with zero attached hydrogens (tertiary/aromatic N) is 2. The van der Waals surface area contributed by atoms with Crippen molar-refractivity contribution in [2.24, 2.45) is 29.4 Å². The van der Waals surface area contributed by atoms with Gasteiger partial charge in [-0.1, -0.05) is 18.2 Å². The van der Waals surface area contributed by atoms with Gasteiger partial charge >= 0.3 is 0 Å². The summed E-state index contributed by atoms with van der Waals surface area (Å²) in [6.07, 6.45) is 4.05. The number of primary amides is 1. The highest BCUT2D eigenvalue weighted by molar-refractivity contribution is 6.32. The highest BCUT2D eigenvalue weighted by atomic mass is 16.3. The number of rotatable bonds is 4. The summed E-state index contributed by atoms with van der Waals surface area (Å²) in [5, 5.41) is 22.5. The van der Waals surface area contributed by atoms with Crippen LogP contribution in [0, 0.1) is 23.7 Å². The predicted octanol–water partition coefficient (Wildman–Crippen LogP) is 1.32. The fraction of sp³-hybridized carbons (Fsp3) is 0.323. The van der Waals surface area contributed by atoms with Crippen LogP contribution in [0.1, 0.15) is 22.3 Å². The Morgan fingerprint density at radius 1 is 1.00 bits per heavy atom. The summed E-state index contributed by atoms with van der Waals surface area (Å²) in [4.78, 5) is 68.1. The van der Waals surface area contributed by atoms with Crippen molar-refractivity contribution in [3.63, 3.8) is 0 Å². The van der Waals surface area contributed by atoms with Gasteiger partial charge in [-0.15, -0.1) is 0 Å². The molecule has 0 saturated heterocycles. The van der Waals surface area contributed by atoms with Crippen molar-refractivity contribution in [2.75, 3.05) is 14.1 Å². The molecule has 2 saturated carbocycles. The first kappa shape index (κ1) is 26.8. The molecule has 0 spiro atoms. The summed E-state index contributed by atoms with van der Waals surface area (Å²) < 4.78 is 1.95. The number of ketones is 4. The number of phenols is 1. The number of phenolic OH excluding ortho intramolecular Hbond substituents is 1. The lowest BCUT2D eigenvalue weighted by Gasteiger charge is -2.52. The van der Waals surface area contributed by atoms with Crippen molar-refractivity contribution in [3.05, 3.63) is 72.1 Å². The average Bonchev–Trinajstić information content (AvgIpc) is 3.46. The van der Waals surface area contributed by atoms with Gasteiger partial charge in [-0.25, -0.2) is 0 Å². The Balaban J connectivity index is 1.44. The zero-order valence-corrected chi connectivity index (χ0v) is 22.5. The molecule has 0 bridgehead atoms. The first-order chi connectivity index (χ1) is 19.5. The van der Waals surface area contributed by atoms with E-state index in [1.165, 1.54) is 11.0 Å². The van der Waals surface area contributed by atoms with Gasteiger partial charge in [0.05, 0.1) is 17.5 Å². The second-order valence-electron chi connectivity index (χ2n) is 11.4. The Morgan fingerprint density at radius 2 is 1.66 bits per heavy atom. The molecule has 4 N–H and O–H groups in total. The normalized spacial score (nSPS) is 29.2. The third-order valence-electron chi connectivity index (χ3n) is 9.03. The largest absolute Gasteiger partial charge is 0.507 e. The first-order valence-corrected chi connectivity index (χ1v) is 13.4. The molecule has 3 aliphatic rings. The first-order valence-electron chi connectivity index (χ1n) is 13.4. The Morgan fingerprint density at radius 3 is 2.27 bits per heavy atom. The number of hydrogen-bond acceptors (Lipinski definition) is 8. The number of likely N-dealkylation sites (N-methyl/N-ethyl adjacent to an activating group) is 1. The lowest BCUT2D eigenvalue weighted by atomic mass is 9.52. The van der Waals surface area contributed by atoms with Crippen LogP contribution in [0.15, 0.2) is 60.9 Å². The number of amides is 1. The maximum absolute atomic E-state index is 13.9. The number of Topliss-reactive ketones (excluding diaryl/α,β-unsaturated/α-hetero) is 4.